The van der Waals surface area contributed by atoms with E-state index in [1.807, 2.05) is 0 Å². The van der Waals surface area contributed by atoms with Gasteiger partial charge in [-0.2, -0.15) is 5.10 Å². The van der Waals surface area contributed by atoms with Gasteiger partial charge in [-0.15, -0.1) is 10.2 Å². The average molecular weight is 474 g/mol. The molecule has 0 aliphatic rings. The van der Waals surface area contributed by atoms with Crippen LogP contribution in [0.4, 0.5) is 4.39 Å². The molecule has 0 atom stereocenters. The van der Waals surface area contributed by atoms with Crippen molar-refractivity contribution in [2.45, 2.75) is 25.8 Å². The molecule has 10 heteroatoms. The van der Waals surface area contributed by atoms with E-state index in [0.29, 0.717) is 27.2 Å². The maximum Gasteiger partial charge on any atom is 0.317 e. The molecule has 2 aromatic carbocycles. The van der Waals surface area contributed by atoms with Crippen molar-refractivity contribution < 1.29 is 13.9 Å². The van der Waals surface area contributed by atoms with E-state index in [4.69, 9.17) is 27.9 Å². The molecule has 0 fully saturated rings. The van der Waals surface area contributed by atoms with Gasteiger partial charge in [0, 0.05) is 16.0 Å². The van der Waals surface area contributed by atoms with Gasteiger partial charge in [-0.3, -0.25) is 9.48 Å². The van der Waals surface area contributed by atoms with Crippen LogP contribution in [0, 0.1) is 5.82 Å². The van der Waals surface area contributed by atoms with Crippen LogP contribution >= 0.6 is 23.2 Å². The van der Waals surface area contributed by atoms with Crippen molar-refractivity contribution in [3.63, 3.8) is 0 Å². The smallest absolute Gasteiger partial charge is 0.317 e. The van der Waals surface area contributed by atoms with Crippen molar-refractivity contribution in [1.29, 1.82) is 0 Å². The molecular weight excluding hydrogens is 456 g/mol. The van der Waals surface area contributed by atoms with Crippen LogP contribution in [0.2, 0.25) is 10.2 Å². The van der Waals surface area contributed by atoms with Crippen molar-refractivity contribution in [3.05, 3.63) is 69.7 Å². The maximum absolute atomic E-state index is 14.2. The Labute approximate surface area is 193 Å². The lowest BCUT2D eigenvalue weighted by molar-refractivity contribution is -0.146. The molecule has 0 radical (unpaired) electrons. The Morgan fingerprint density at radius 3 is 2.59 bits per heavy atom. The molecule has 0 saturated carbocycles. The highest BCUT2D eigenvalue weighted by molar-refractivity contribution is 6.31. The van der Waals surface area contributed by atoms with Crippen LogP contribution in [-0.2, 0) is 21.5 Å². The number of ether oxygens (including phenoxy) is 1. The van der Waals surface area contributed by atoms with Gasteiger partial charge in [-0.25, -0.2) is 9.37 Å². The molecular formula is C22H18Cl2FN5O2. The van der Waals surface area contributed by atoms with E-state index in [9.17, 15) is 9.18 Å². The zero-order valence-corrected chi connectivity index (χ0v) is 18.9. The Morgan fingerprint density at radius 1 is 1.16 bits per heavy atom. The summed E-state index contributed by atoms with van der Waals surface area (Å²) in [5.74, 6) is -0.688. The average Bonchev–Trinajstić information content (AvgIpc) is 3.11. The summed E-state index contributed by atoms with van der Waals surface area (Å²) in [7, 11) is 1.28. The fraction of sp³-hybridized carbons (Fsp3) is 0.227. The number of benzene rings is 2. The van der Waals surface area contributed by atoms with E-state index < -0.39 is 11.4 Å². The van der Waals surface area contributed by atoms with Crippen LogP contribution in [0.25, 0.3) is 22.4 Å². The van der Waals surface area contributed by atoms with Crippen molar-refractivity contribution in [2.75, 3.05) is 7.11 Å². The molecule has 7 nitrogen and oxygen atoms in total. The van der Waals surface area contributed by atoms with Crippen LogP contribution in [-0.4, -0.2) is 38.0 Å². The van der Waals surface area contributed by atoms with E-state index >= 15 is 0 Å². The van der Waals surface area contributed by atoms with Crippen LogP contribution < -0.4 is 0 Å². The van der Waals surface area contributed by atoms with Crippen LogP contribution in [0.15, 0.2) is 42.5 Å². The third kappa shape index (κ3) is 3.91. The zero-order chi connectivity index (χ0) is 23.0. The summed E-state index contributed by atoms with van der Waals surface area (Å²) in [4.78, 5) is 16.5. The van der Waals surface area contributed by atoms with Gasteiger partial charge in [-0.1, -0.05) is 41.4 Å². The first-order chi connectivity index (χ1) is 15.2. The molecule has 0 aliphatic heterocycles. The summed E-state index contributed by atoms with van der Waals surface area (Å²) in [5, 5.41) is 14.1. The Morgan fingerprint density at radius 2 is 1.91 bits per heavy atom. The van der Waals surface area contributed by atoms with Gasteiger partial charge in [-0.05, 0) is 38.1 Å². The van der Waals surface area contributed by atoms with Crippen molar-refractivity contribution in [3.8, 4) is 11.5 Å². The summed E-state index contributed by atoms with van der Waals surface area (Å²) < 4.78 is 20.7. The van der Waals surface area contributed by atoms with E-state index in [1.165, 1.54) is 13.2 Å². The Kier molecular flexibility index (Phi) is 5.83. The first-order valence-corrected chi connectivity index (χ1v) is 10.4. The second-order valence-electron chi connectivity index (χ2n) is 7.65. The lowest BCUT2D eigenvalue weighted by Crippen LogP contribution is -2.32. The van der Waals surface area contributed by atoms with Gasteiger partial charge in [0.1, 0.15) is 22.6 Å². The molecule has 0 saturated heterocycles. The van der Waals surface area contributed by atoms with Gasteiger partial charge in [0.15, 0.2) is 5.15 Å². The van der Waals surface area contributed by atoms with Crippen molar-refractivity contribution in [1.82, 2.24) is 25.0 Å². The number of aromatic nitrogens is 5. The summed E-state index contributed by atoms with van der Waals surface area (Å²) in [6.45, 7) is 3.42. The SMILES string of the molecule is COC(=O)C(C)(C)c1nnc(-c2nn(Cc3ccccc3F)c3cc(Cl)ccc23)nc1Cl. The first kappa shape index (κ1) is 22.1. The van der Waals surface area contributed by atoms with Gasteiger partial charge >= 0.3 is 5.97 Å². The number of hydrogen-bond donors (Lipinski definition) is 0. The Hall–Kier alpha value is -3.10. The number of hydrogen-bond acceptors (Lipinski definition) is 6. The van der Waals surface area contributed by atoms with Gasteiger partial charge < -0.3 is 4.74 Å². The topological polar surface area (TPSA) is 82.8 Å². The summed E-state index contributed by atoms with van der Waals surface area (Å²) in [6, 6.07) is 11.7. The third-order valence-corrected chi connectivity index (χ3v) is 5.63. The standard InChI is InChI=1S/C22H18Cl2FN5O2/c1-22(2,21(31)32-3)18-19(24)26-20(28-27-18)17-14-9-8-13(23)10-16(14)30(29-17)11-12-6-4-5-7-15(12)25/h4-10H,11H2,1-3H3. The molecule has 2 heterocycles. The van der Waals surface area contributed by atoms with Crippen molar-refractivity contribution in [2.24, 2.45) is 0 Å². The fourth-order valence-electron chi connectivity index (χ4n) is 3.36. The lowest BCUT2D eigenvalue weighted by atomic mass is 9.90. The quantitative estimate of drug-likeness (QED) is 0.386. The Bertz CT molecular complexity index is 1340. The summed E-state index contributed by atoms with van der Waals surface area (Å²) in [6.07, 6.45) is 0. The van der Waals surface area contributed by atoms with Crippen LogP contribution in [0.5, 0.6) is 0 Å². The molecule has 0 unspecified atom stereocenters. The van der Waals surface area contributed by atoms with E-state index in [1.54, 1.807) is 54.9 Å². The van der Waals surface area contributed by atoms with Crippen LogP contribution in [0.3, 0.4) is 0 Å². The number of nitrogens with zero attached hydrogens (tertiary/aromatic N) is 5. The number of carbonyl (C=O) groups excluding carboxylic acids is 1. The Balaban J connectivity index is 1.82. The predicted molar refractivity (Wildman–Crippen MR) is 119 cm³/mol. The number of esters is 1. The largest absolute Gasteiger partial charge is 0.468 e. The summed E-state index contributed by atoms with van der Waals surface area (Å²) in [5.41, 5.74) is 0.604. The third-order valence-electron chi connectivity index (χ3n) is 5.14. The molecule has 32 heavy (non-hydrogen) atoms. The predicted octanol–water partition coefficient (Wildman–Crippen LogP) is 4.83. The molecule has 4 rings (SSSR count). The number of halogens is 3. The minimum absolute atomic E-state index is 0.0103. The molecule has 164 valence electrons. The number of fused-ring (bicyclic) bond motifs is 1. The zero-order valence-electron chi connectivity index (χ0n) is 17.4. The number of methoxy groups -OCH3 is 1. The molecule has 0 spiro atoms. The van der Waals surface area contributed by atoms with Gasteiger partial charge in [0.25, 0.3) is 0 Å². The fourth-order valence-corrected chi connectivity index (χ4v) is 3.88. The highest BCUT2D eigenvalue weighted by Gasteiger charge is 2.36. The number of rotatable bonds is 5. The van der Waals surface area contributed by atoms with Gasteiger partial charge in [0.2, 0.25) is 5.82 Å². The van der Waals surface area contributed by atoms with Gasteiger partial charge in [0.05, 0.1) is 19.2 Å². The van der Waals surface area contributed by atoms with E-state index in [-0.39, 0.29) is 29.0 Å². The van der Waals surface area contributed by atoms with Crippen LogP contribution in [0.1, 0.15) is 25.1 Å². The maximum atomic E-state index is 14.2. The normalized spacial score (nSPS) is 11.7. The molecule has 2 aromatic heterocycles. The monoisotopic (exact) mass is 473 g/mol. The van der Waals surface area contributed by atoms with E-state index in [0.717, 1.165) is 0 Å². The molecule has 4 aromatic rings. The summed E-state index contributed by atoms with van der Waals surface area (Å²) >= 11 is 12.6. The molecule has 0 aliphatic carbocycles. The highest BCUT2D eigenvalue weighted by Crippen LogP contribution is 2.32. The lowest BCUT2D eigenvalue weighted by Gasteiger charge is -2.20. The van der Waals surface area contributed by atoms with Crippen molar-refractivity contribution >= 4 is 40.1 Å². The minimum Gasteiger partial charge on any atom is -0.468 e. The highest BCUT2D eigenvalue weighted by atomic mass is 35.5. The molecule has 0 amide bonds. The number of carbonyl (C=O) groups is 1. The van der Waals surface area contributed by atoms with E-state index in [2.05, 4.69) is 20.3 Å². The second kappa shape index (κ2) is 8.44. The molecule has 0 N–H and O–H groups in total. The first-order valence-electron chi connectivity index (χ1n) is 9.61. The molecule has 0 bridgehead atoms. The second-order valence-corrected chi connectivity index (χ2v) is 8.44. The minimum atomic E-state index is -1.13.